The van der Waals surface area contributed by atoms with E-state index < -0.39 is 27.4 Å². The summed E-state index contributed by atoms with van der Waals surface area (Å²) in [6.07, 6.45) is 3.35. The largest absolute Gasteiger partial charge is 0.486 e. The zero-order valence-corrected chi connectivity index (χ0v) is 24.4. The van der Waals surface area contributed by atoms with Crippen molar-refractivity contribution in [3.63, 3.8) is 0 Å². The lowest BCUT2D eigenvalue weighted by molar-refractivity contribution is 0.242. The van der Waals surface area contributed by atoms with Crippen LogP contribution < -0.4 is 25.7 Å². The van der Waals surface area contributed by atoms with Gasteiger partial charge in [0.2, 0.25) is 5.75 Å². The predicted molar refractivity (Wildman–Crippen MR) is 156 cm³/mol. The maximum Gasteiger partial charge on any atom is 0.316 e. The molecule has 1 aliphatic heterocycles. The van der Waals surface area contributed by atoms with Gasteiger partial charge in [-0.1, -0.05) is 24.3 Å². The van der Waals surface area contributed by atoms with Crippen LogP contribution in [0.1, 0.15) is 25.3 Å². The smallest absolute Gasteiger partial charge is 0.316 e. The highest BCUT2D eigenvalue weighted by Crippen LogP contribution is 2.45. The third-order valence-corrected chi connectivity index (χ3v) is 9.92. The van der Waals surface area contributed by atoms with Gasteiger partial charge in [0.25, 0.3) is 10.2 Å². The summed E-state index contributed by atoms with van der Waals surface area (Å²) in [6.45, 7) is 3.34. The van der Waals surface area contributed by atoms with Gasteiger partial charge in [-0.3, -0.25) is 4.79 Å². The number of hydrogen-bond acceptors (Lipinski definition) is 9. The van der Waals surface area contributed by atoms with Crippen LogP contribution in [-0.2, 0) is 16.8 Å². The van der Waals surface area contributed by atoms with Crippen LogP contribution in [0.25, 0.3) is 15.9 Å². The third kappa shape index (κ3) is 5.95. The zero-order valence-electron chi connectivity index (χ0n) is 22.7. The Bertz CT molecular complexity index is 1800. The number of hydrogen-bond donors (Lipinski definition) is 2. The number of ether oxygens (including phenoxy) is 1. The Labute approximate surface area is 244 Å². The molecule has 1 saturated carbocycles. The number of piperazine rings is 1. The Morgan fingerprint density at radius 2 is 1.81 bits per heavy atom. The van der Waals surface area contributed by atoms with Crippen LogP contribution in [0.15, 0.2) is 47.4 Å². The lowest BCUT2D eigenvalue weighted by Gasteiger charge is -2.35. The standard InChI is InChI=1S/C27H29F2N7O4S2/c1-27(4-5-27)16-40-24-22(15-31-36(25(24)37)20-12-18(28)11-19(29)13-20)34-6-8-35(9-7-34)42(38,39)32-14-17-2-3-21-23(10-17)41-26(30)33-21/h2-3,10-13,15,32H,4-9,14,16H2,1H3,(H2,30,33). The molecule has 3 heterocycles. The first-order valence-corrected chi connectivity index (χ1v) is 15.6. The molecule has 4 aromatic rings. The number of nitrogens with two attached hydrogens (primary N) is 1. The normalized spacial score (nSPS) is 17.1. The summed E-state index contributed by atoms with van der Waals surface area (Å²) in [5, 5.41) is 4.62. The summed E-state index contributed by atoms with van der Waals surface area (Å²) >= 11 is 1.34. The average Bonchev–Trinajstić information content (AvgIpc) is 3.56. The van der Waals surface area contributed by atoms with Gasteiger partial charge < -0.3 is 15.4 Å². The third-order valence-electron chi connectivity index (χ3n) is 7.52. The van der Waals surface area contributed by atoms with Crippen LogP contribution in [0.2, 0.25) is 0 Å². The minimum absolute atomic E-state index is 0.0105. The van der Waals surface area contributed by atoms with Crippen LogP contribution >= 0.6 is 11.3 Å². The molecule has 3 N–H and O–H groups in total. The molecule has 1 aliphatic carbocycles. The van der Waals surface area contributed by atoms with Crippen molar-refractivity contribution in [2.24, 2.45) is 5.41 Å². The maximum absolute atomic E-state index is 13.9. The zero-order chi connectivity index (χ0) is 29.6. The fraction of sp³-hybridized carbons (Fsp3) is 0.370. The molecular weight excluding hydrogens is 588 g/mol. The van der Waals surface area contributed by atoms with E-state index in [1.807, 2.05) is 11.0 Å². The van der Waals surface area contributed by atoms with Gasteiger partial charge in [0.05, 0.1) is 28.7 Å². The molecule has 0 unspecified atom stereocenters. The molecule has 0 spiro atoms. The molecule has 0 radical (unpaired) electrons. The predicted octanol–water partition coefficient (Wildman–Crippen LogP) is 3.04. The van der Waals surface area contributed by atoms with Crippen molar-refractivity contribution in [3.8, 4) is 11.4 Å². The lowest BCUT2D eigenvalue weighted by atomic mass is 10.2. The Kier molecular flexibility index (Phi) is 7.37. The van der Waals surface area contributed by atoms with Crippen LogP contribution in [0.3, 0.4) is 0 Å². The summed E-state index contributed by atoms with van der Waals surface area (Å²) in [6, 6.07) is 8.22. The van der Waals surface area contributed by atoms with Crippen molar-refractivity contribution in [2.45, 2.75) is 26.3 Å². The molecule has 0 bridgehead atoms. The summed E-state index contributed by atoms with van der Waals surface area (Å²) in [5.41, 5.74) is 6.95. The Balaban J connectivity index is 1.18. The second-order valence-corrected chi connectivity index (χ2v) is 13.7. The van der Waals surface area contributed by atoms with Crippen molar-refractivity contribution in [1.29, 1.82) is 0 Å². The van der Waals surface area contributed by atoms with E-state index in [9.17, 15) is 22.0 Å². The second kappa shape index (κ2) is 10.9. The number of benzene rings is 2. The van der Waals surface area contributed by atoms with E-state index in [2.05, 4.69) is 21.7 Å². The molecule has 2 aliphatic rings. The van der Waals surface area contributed by atoms with E-state index in [-0.39, 0.29) is 49.6 Å². The Morgan fingerprint density at radius 1 is 1.10 bits per heavy atom. The van der Waals surface area contributed by atoms with Gasteiger partial charge in [0.15, 0.2) is 5.13 Å². The highest BCUT2D eigenvalue weighted by molar-refractivity contribution is 7.87. The van der Waals surface area contributed by atoms with Gasteiger partial charge in [-0.05, 0) is 42.7 Å². The van der Waals surface area contributed by atoms with Gasteiger partial charge in [0.1, 0.15) is 17.3 Å². The van der Waals surface area contributed by atoms with Gasteiger partial charge >= 0.3 is 5.56 Å². The summed E-state index contributed by atoms with van der Waals surface area (Å²) in [4.78, 5) is 19.5. The molecule has 2 aromatic carbocycles. The molecule has 2 aromatic heterocycles. The van der Waals surface area contributed by atoms with Crippen molar-refractivity contribution < 1.29 is 21.9 Å². The first-order chi connectivity index (χ1) is 20.0. The summed E-state index contributed by atoms with van der Waals surface area (Å²) in [7, 11) is -3.79. The minimum atomic E-state index is -3.79. The fourth-order valence-corrected chi connectivity index (χ4v) is 6.75. The van der Waals surface area contributed by atoms with Gasteiger partial charge in [0, 0.05) is 44.2 Å². The number of rotatable bonds is 9. The van der Waals surface area contributed by atoms with Crippen LogP contribution in [0.4, 0.5) is 19.6 Å². The van der Waals surface area contributed by atoms with E-state index in [4.69, 9.17) is 10.5 Å². The number of halogens is 2. The van der Waals surface area contributed by atoms with Crippen molar-refractivity contribution in [2.75, 3.05) is 43.4 Å². The van der Waals surface area contributed by atoms with Gasteiger partial charge in [-0.15, -0.1) is 0 Å². The van der Waals surface area contributed by atoms with Gasteiger partial charge in [-0.25, -0.2) is 13.8 Å². The average molecular weight is 618 g/mol. The molecule has 1 saturated heterocycles. The monoisotopic (exact) mass is 617 g/mol. The first-order valence-electron chi connectivity index (χ1n) is 13.4. The molecule has 6 rings (SSSR count). The molecule has 11 nitrogen and oxygen atoms in total. The van der Waals surface area contributed by atoms with Crippen molar-refractivity contribution >= 4 is 42.6 Å². The number of fused-ring (bicyclic) bond motifs is 1. The molecule has 2 fully saturated rings. The van der Waals surface area contributed by atoms with E-state index in [0.717, 1.165) is 45.4 Å². The van der Waals surface area contributed by atoms with Crippen LogP contribution in [0.5, 0.6) is 5.75 Å². The van der Waals surface area contributed by atoms with Crippen LogP contribution in [-0.4, -0.2) is 60.3 Å². The summed E-state index contributed by atoms with van der Waals surface area (Å²) in [5.74, 6) is -1.66. The molecule has 0 amide bonds. The van der Waals surface area contributed by atoms with E-state index in [1.54, 1.807) is 12.1 Å². The molecule has 222 valence electrons. The Hall–Kier alpha value is -3.66. The quantitative estimate of drug-likeness (QED) is 0.293. The van der Waals surface area contributed by atoms with Gasteiger partial charge in [-0.2, -0.15) is 27.2 Å². The minimum Gasteiger partial charge on any atom is -0.486 e. The lowest BCUT2D eigenvalue weighted by Crippen LogP contribution is -2.52. The number of nitrogen functional groups attached to an aromatic ring is 1. The van der Waals surface area contributed by atoms with Crippen molar-refractivity contribution in [3.05, 3.63) is 70.1 Å². The second-order valence-electron chi connectivity index (χ2n) is 10.9. The molecule has 15 heteroatoms. The number of thiazole rings is 1. The number of nitrogens with zero attached hydrogens (tertiary/aromatic N) is 5. The van der Waals surface area contributed by atoms with Crippen LogP contribution in [0, 0.1) is 17.0 Å². The topological polar surface area (TPSA) is 136 Å². The maximum atomic E-state index is 13.9. The number of nitrogens with one attached hydrogen (secondary N) is 1. The fourth-order valence-electron chi connectivity index (χ4n) is 4.77. The molecular formula is C27H29F2N7O4S2. The van der Waals surface area contributed by atoms with E-state index >= 15 is 0 Å². The summed E-state index contributed by atoms with van der Waals surface area (Å²) < 4.78 is 65.8. The molecule has 0 atom stereocenters. The number of aromatic nitrogens is 3. The number of anilines is 2. The van der Waals surface area contributed by atoms with E-state index in [0.29, 0.717) is 23.5 Å². The van der Waals surface area contributed by atoms with Crippen molar-refractivity contribution in [1.82, 2.24) is 23.8 Å². The SMILES string of the molecule is CC1(COc2c(N3CCN(S(=O)(=O)NCc4ccc5nc(N)sc5c4)CC3)cnn(-c3cc(F)cc(F)c3)c2=O)CC1. The van der Waals surface area contributed by atoms with E-state index in [1.165, 1.54) is 21.8 Å². The highest BCUT2D eigenvalue weighted by Gasteiger charge is 2.39. The first kappa shape index (κ1) is 28.5. The highest BCUT2D eigenvalue weighted by atomic mass is 32.2. The Morgan fingerprint density at radius 3 is 2.50 bits per heavy atom. The molecule has 42 heavy (non-hydrogen) atoms.